The molecule has 0 aliphatic carbocycles. The standard InChI is InChI=1S/C15H23N5O2S/c1-4-22-13(21)10-16-15(23)20-7-5-19(6-8-20)14-17-11(2)9-12(3)18-14/h9H,4-8,10H2,1-3H3,(H,16,23). The van der Waals surface area contributed by atoms with Gasteiger partial charge in [0.05, 0.1) is 6.61 Å². The van der Waals surface area contributed by atoms with Crippen LogP contribution in [0.4, 0.5) is 5.95 Å². The maximum atomic E-state index is 11.3. The summed E-state index contributed by atoms with van der Waals surface area (Å²) in [4.78, 5) is 24.5. The van der Waals surface area contributed by atoms with Gasteiger partial charge in [-0.1, -0.05) is 0 Å². The van der Waals surface area contributed by atoms with E-state index in [1.54, 1.807) is 6.92 Å². The van der Waals surface area contributed by atoms with Crippen LogP contribution in [0.1, 0.15) is 18.3 Å². The number of hydrogen-bond acceptors (Lipinski definition) is 6. The van der Waals surface area contributed by atoms with Crippen molar-refractivity contribution in [2.24, 2.45) is 0 Å². The lowest BCUT2D eigenvalue weighted by molar-refractivity contribution is -0.141. The molecule has 1 aliphatic rings. The minimum Gasteiger partial charge on any atom is -0.465 e. The topological polar surface area (TPSA) is 70.6 Å². The fraction of sp³-hybridized carbons (Fsp3) is 0.600. The van der Waals surface area contributed by atoms with Crippen LogP contribution in [0.2, 0.25) is 0 Å². The molecular weight excluding hydrogens is 314 g/mol. The highest BCUT2D eigenvalue weighted by molar-refractivity contribution is 7.80. The fourth-order valence-electron chi connectivity index (χ4n) is 2.43. The van der Waals surface area contributed by atoms with Crippen LogP contribution in [0.3, 0.4) is 0 Å². The second kappa shape index (κ2) is 8.05. The van der Waals surface area contributed by atoms with E-state index in [-0.39, 0.29) is 12.5 Å². The van der Waals surface area contributed by atoms with Crippen molar-refractivity contribution in [2.45, 2.75) is 20.8 Å². The van der Waals surface area contributed by atoms with Gasteiger partial charge < -0.3 is 19.9 Å². The largest absolute Gasteiger partial charge is 0.465 e. The lowest BCUT2D eigenvalue weighted by Gasteiger charge is -2.36. The van der Waals surface area contributed by atoms with Crippen LogP contribution in [0.15, 0.2) is 6.07 Å². The fourth-order valence-corrected chi connectivity index (χ4v) is 2.68. The van der Waals surface area contributed by atoms with E-state index in [0.717, 1.165) is 43.5 Å². The number of anilines is 1. The third-order valence-electron chi connectivity index (χ3n) is 3.51. The van der Waals surface area contributed by atoms with E-state index in [4.69, 9.17) is 17.0 Å². The molecule has 1 aromatic rings. The molecule has 23 heavy (non-hydrogen) atoms. The third kappa shape index (κ3) is 5.02. The second-order valence-electron chi connectivity index (χ2n) is 5.39. The lowest BCUT2D eigenvalue weighted by Crippen LogP contribution is -2.52. The Hall–Kier alpha value is -1.96. The van der Waals surface area contributed by atoms with Gasteiger partial charge in [0.25, 0.3) is 0 Å². The average molecular weight is 337 g/mol. The summed E-state index contributed by atoms with van der Waals surface area (Å²) in [6.07, 6.45) is 0. The van der Waals surface area contributed by atoms with E-state index >= 15 is 0 Å². The molecule has 1 fully saturated rings. The summed E-state index contributed by atoms with van der Waals surface area (Å²) in [7, 11) is 0. The maximum absolute atomic E-state index is 11.3. The first-order valence-corrected chi connectivity index (χ1v) is 8.16. The molecule has 0 saturated carbocycles. The number of piperazine rings is 1. The summed E-state index contributed by atoms with van der Waals surface area (Å²) in [6, 6.07) is 1.97. The quantitative estimate of drug-likeness (QED) is 0.634. The molecule has 2 rings (SSSR count). The number of thiocarbonyl (C=S) groups is 1. The Bertz CT molecular complexity index is 553. The van der Waals surface area contributed by atoms with Gasteiger partial charge in [0.2, 0.25) is 5.95 Å². The van der Waals surface area contributed by atoms with Gasteiger partial charge in [-0.05, 0) is 39.1 Å². The van der Waals surface area contributed by atoms with Crippen LogP contribution in [-0.2, 0) is 9.53 Å². The Morgan fingerprint density at radius 1 is 1.26 bits per heavy atom. The molecule has 0 bridgehead atoms. The van der Waals surface area contributed by atoms with E-state index < -0.39 is 0 Å². The number of aromatic nitrogens is 2. The van der Waals surface area contributed by atoms with Crippen molar-refractivity contribution in [1.82, 2.24) is 20.2 Å². The van der Waals surface area contributed by atoms with Gasteiger partial charge in [0.15, 0.2) is 5.11 Å². The van der Waals surface area contributed by atoms with Crippen molar-refractivity contribution in [3.63, 3.8) is 0 Å². The molecule has 0 spiro atoms. The minimum atomic E-state index is -0.294. The zero-order valence-corrected chi connectivity index (χ0v) is 14.7. The Morgan fingerprint density at radius 2 is 1.87 bits per heavy atom. The van der Waals surface area contributed by atoms with Crippen molar-refractivity contribution in [1.29, 1.82) is 0 Å². The second-order valence-corrected chi connectivity index (χ2v) is 5.78. The molecule has 1 N–H and O–H groups in total. The monoisotopic (exact) mass is 337 g/mol. The lowest BCUT2D eigenvalue weighted by atomic mass is 10.3. The summed E-state index contributed by atoms with van der Waals surface area (Å²) in [6.45, 7) is 9.34. The number of aryl methyl sites for hydroxylation is 2. The number of ether oxygens (including phenoxy) is 1. The maximum Gasteiger partial charge on any atom is 0.325 e. The normalized spacial score (nSPS) is 14.6. The highest BCUT2D eigenvalue weighted by atomic mass is 32.1. The molecule has 7 nitrogen and oxygen atoms in total. The molecule has 0 unspecified atom stereocenters. The number of carbonyl (C=O) groups is 1. The molecule has 1 aromatic heterocycles. The van der Waals surface area contributed by atoms with Gasteiger partial charge in [-0.2, -0.15) is 0 Å². The zero-order valence-electron chi connectivity index (χ0n) is 13.8. The van der Waals surface area contributed by atoms with Crippen molar-refractivity contribution >= 4 is 29.2 Å². The Kier molecular flexibility index (Phi) is 6.09. The van der Waals surface area contributed by atoms with Gasteiger partial charge in [0.1, 0.15) is 6.54 Å². The number of nitrogens with zero attached hydrogens (tertiary/aromatic N) is 4. The summed E-state index contributed by atoms with van der Waals surface area (Å²) < 4.78 is 4.87. The number of carbonyl (C=O) groups excluding carboxylic acids is 1. The van der Waals surface area contributed by atoms with Gasteiger partial charge in [0, 0.05) is 37.6 Å². The molecule has 0 radical (unpaired) electrons. The number of esters is 1. The van der Waals surface area contributed by atoms with Gasteiger partial charge in [-0.25, -0.2) is 9.97 Å². The van der Waals surface area contributed by atoms with E-state index in [2.05, 4.69) is 20.2 Å². The highest BCUT2D eigenvalue weighted by Crippen LogP contribution is 2.13. The molecule has 1 aliphatic heterocycles. The summed E-state index contributed by atoms with van der Waals surface area (Å²) >= 11 is 5.33. The Morgan fingerprint density at radius 3 is 2.43 bits per heavy atom. The third-order valence-corrected chi connectivity index (χ3v) is 3.91. The van der Waals surface area contributed by atoms with Crippen LogP contribution in [0, 0.1) is 13.8 Å². The molecule has 0 atom stereocenters. The first-order valence-electron chi connectivity index (χ1n) is 7.75. The van der Waals surface area contributed by atoms with Crippen molar-refractivity contribution < 1.29 is 9.53 Å². The first-order chi connectivity index (χ1) is 11.0. The number of hydrogen-bond donors (Lipinski definition) is 1. The summed E-state index contributed by atoms with van der Waals surface area (Å²) in [5, 5.41) is 3.53. The van der Waals surface area contributed by atoms with Crippen LogP contribution in [-0.4, -0.2) is 65.3 Å². The number of nitrogens with one attached hydrogen (secondary N) is 1. The summed E-state index contributed by atoms with van der Waals surface area (Å²) in [5.74, 6) is 0.477. The molecule has 2 heterocycles. The first kappa shape index (κ1) is 17.4. The van der Waals surface area contributed by atoms with Crippen molar-refractivity contribution in [2.75, 3.05) is 44.2 Å². The molecule has 1 saturated heterocycles. The molecule has 8 heteroatoms. The Balaban J connectivity index is 1.83. The SMILES string of the molecule is CCOC(=O)CNC(=S)N1CCN(c2nc(C)cc(C)n2)CC1. The predicted octanol–water partition coefficient (Wildman–Crippen LogP) is 0.653. The molecule has 0 amide bonds. The highest BCUT2D eigenvalue weighted by Gasteiger charge is 2.21. The van der Waals surface area contributed by atoms with E-state index in [0.29, 0.717) is 11.7 Å². The van der Waals surface area contributed by atoms with E-state index in [1.165, 1.54) is 0 Å². The molecule has 0 aromatic carbocycles. The minimum absolute atomic E-state index is 0.104. The van der Waals surface area contributed by atoms with Crippen LogP contribution >= 0.6 is 12.2 Å². The van der Waals surface area contributed by atoms with Crippen molar-refractivity contribution in [3.05, 3.63) is 17.5 Å². The zero-order chi connectivity index (χ0) is 16.8. The molecule has 126 valence electrons. The smallest absolute Gasteiger partial charge is 0.325 e. The van der Waals surface area contributed by atoms with Gasteiger partial charge in [-0.15, -0.1) is 0 Å². The van der Waals surface area contributed by atoms with Gasteiger partial charge >= 0.3 is 5.97 Å². The van der Waals surface area contributed by atoms with Crippen LogP contribution < -0.4 is 10.2 Å². The average Bonchev–Trinajstić information content (AvgIpc) is 2.52. The molecular formula is C15H23N5O2S. The van der Waals surface area contributed by atoms with Crippen LogP contribution in [0.5, 0.6) is 0 Å². The van der Waals surface area contributed by atoms with Gasteiger partial charge in [-0.3, -0.25) is 4.79 Å². The van der Waals surface area contributed by atoms with Crippen molar-refractivity contribution in [3.8, 4) is 0 Å². The van der Waals surface area contributed by atoms with E-state index in [9.17, 15) is 4.79 Å². The number of rotatable bonds is 4. The van der Waals surface area contributed by atoms with Crippen LogP contribution in [0.25, 0.3) is 0 Å². The Labute approximate surface area is 142 Å². The van der Waals surface area contributed by atoms with E-state index in [1.807, 2.05) is 24.8 Å². The predicted molar refractivity (Wildman–Crippen MR) is 92.5 cm³/mol. The summed E-state index contributed by atoms with van der Waals surface area (Å²) in [5.41, 5.74) is 1.95.